The monoisotopic (exact) mass is 1140 g/mol. The Labute approximate surface area is 509 Å². The molecule has 0 aromatic rings. The summed E-state index contributed by atoms with van der Waals surface area (Å²) in [4.78, 5) is 38.2. The predicted molar refractivity (Wildman–Crippen MR) is 361 cm³/mol. The van der Waals surface area contributed by atoms with Gasteiger partial charge in [0.25, 0.3) is 0 Å². The van der Waals surface area contributed by atoms with E-state index in [1.807, 2.05) is 0 Å². The third kappa shape index (κ3) is 66.9. The molecular weight excluding hydrogens is 1020 g/mol. The minimum absolute atomic E-state index is 0.112. The highest BCUT2D eigenvalue weighted by Crippen LogP contribution is 2.13. The highest BCUT2D eigenvalue weighted by Gasteiger charge is 2.19. The number of carbonyl (C=O) groups excluding carboxylic acids is 3. The van der Waals surface area contributed by atoms with Gasteiger partial charge in [-0.05, 0) is 148 Å². The summed E-state index contributed by atoms with van der Waals surface area (Å²) in [7, 11) is 0. The summed E-state index contributed by atoms with van der Waals surface area (Å²) in [5.74, 6) is -0.994. The summed E-state index contributed by atoms with van der Waals surface area (Å²) in [6.45, 7) is 6.32. The normalized spacial score (nSPS) is 13.4. The fourth-order valence-corrected chi connectivity index (χ4v) is 8.24. The van der Waals surface area contributed by atoms with Gasteiger partial charge in [0.1, 0.15) is 13.2 Å². The van der Waals surface area contributed by atoms with E-state index in [2.05, 4.69) is 215 Å². The van der Waals surface area contributed by atoms with Crippen LogP contribution in [0.25, 0.3) is 0 Å². The molecule has 0 spiro atoms. The standard InChI is InChI=1S/C77H118O6/c1-4-7-10-13-16-19-21-23-25-27-29-31-32-33-34-35-36-37-38-39-40-41-42-43-44-46-47-49-51-53-55-58-61-64-67-70-76(79)82-73-74(72-81-75(78)69-66-63-60-57-18-15-12-9-6-3)83-77(80)71-68-65-62-59-56-54-52-50-48-45-30-28-26-24-22-20-17-14-11-8-5-2/h7-8,10-11,16-17,19-20,23-26,29-31,33-34,36-37,39-40,42-43,45-47,50-53,56,59,74H,4-6,9,12-15,18,21-22,27-28,32,35,38,41,44,48-49,54-55,57-58,60-73H2,1-3H3/b10-7-,11-8-,19-16-,20-17-,25-23-,26-24-,31-29-,34-33-,37-36-,40-39-,43-42-,45-30-,47-46-,52-50-,53-51-,59-56-. The molecule has 83 heavy (non-hydrogen) atoms. The van der Waals surface area contributed by atoms with Gasteiger partial charge < -0.3 is 14.2 Å². The van der Waals surface area contributed by atoms with Crippen molar-refractivity contribution in [3.8, 4) is 0 Å². The molecule has 0 aliphatic heterocycles. The molecule has 1 atom stereocenters. The lowest BCUT2D eigenvalue weighted by Gasteiger charge is -2.18. The number of hydrogen-bond donors (Lipinski definition) is 0. The van der Waals surface area contributed by atoms with Gasteiger partial charge in [-0.1, -0.05) is 279 Å². The van der Waals surface area contributed by atoms with Crippen molar-refractivity contribution < 1.29 is 28.6 Å². The molecule has 0 bridgehead atoms. The second kappa shape index (κ2) is 68.7. The average molecular weight is 1140 g/mol. The Hall–Kier alpha value is -5.75. The molecule has 0 aromatic carbocycles. The summed E-state index contributed by atoms with van der Waals surface area (Å²) in [6, 6.07) is 0. The van der Waals surface area contributed by atoms with E-state index in [1.165, 1.54) is 38.5 Å². The fraction of sp³-hybridized carbons (Fsp3) is 0.545. The molecule has 0 amide bonds. The number of esters is 3. The first-order chi connectivity index (χ1) is 41.0. The molecular formula is C77H118O6. The molecule has 462 valence electrons. The Bertz CT molecular complexity index is 1990. The second-order valence-electron chi connectivity index (χ2n) is 20.9. The van der Waals surface area contributed by atoms with Crippen molar-refractivity contribution in [1.82, 2.24) is 0 Å². The lowest BCUT2D eigenvalue weighted by atomic mass is 10.1. The summed E-state index contributed by atoms with van der Waals surface area (Å²) < 4.78 is 16.8. The van der Waals surface area contributed by atoms with Crippen LogP contribution in [0, 0.1) is 0 Å². The molecule has 0 radical (unpaired) electrons. The van der Waals surface area contributed by atoms with Crippen molar-refractivity contribution in [2.75, 3.05) is 13.2 Å². The van der Waals surface area contributed by atoms with Crippen LogP contribution in [-0.2, 0) is 28.6 Å². The molecule has 0 rings (SSSR count). The van der Waals surface area contributed by atoms with Gasteiger partial charge in [-0.2, -0.15) is 0 Å². The molecule has 0 saturated heterocycles. The minimum atomic E-state index is -0.821. The Morgan fingerprint density at radius 3 is 0.759 bits per heavy atom. The van der Waals surface area contributed by atoms with Crippen LogP contribution in [0.3, 0.4) is 0 Å². The van der Waals surface area contributed by atoms with Gasteiger partial charge in [-0.15, -0.1) is 0 Å². The highest BCUT2D eigenvalue weighted by molar-refractivity contribution is 5.71. The SMILES string of the molecule is CC/C=C\C/C=C\C/C=C\C/C=C\C/C=C\C/C=C\C/C=C\C/C=C\C/C=C\C/C=C\CCCCCCC(=O)OCC(COC(=O)CCCCCCCCCCC)OC(=O)CCCC/C=C\C/C=C\C/C=C\C/C=C\C/C=C\C/C=C\CC. The largest absolute Gasteiger partial charge is 0.462 e. The van der Waals surface area contributed by atoms with Crippen LogP contribution < -0.4 is 0 Å². The van der Waals surface area contributed by atoms with Crippen LogP contribution in [0.4, 0.5) is 0 Å². The molecule has 0 heterocycles. The van der Waals surface area contributed by atoms with Crippen molar-refractivity contribution in [1.29, 1.82) is 0 Å². The minimum Gasteiger partial charge on any atom is -0.462 e. The molecule has 6 nitrogen and oxygen atoms in total. The van der Waals surface area contributed by atoms with E-state index >= 15 is 0 Å². The molecule has 1 unspecified atom stereocenters. The molecule has 0 saturated carbocycles. The first kappa shape index (κ1) is 77.2. The number of allylic oxidation sites excluding steroid dienone is 32. The van der Waals surface area contributed by atoms with E-state index in [9.17, 15) is 14.4 Å². The van der Waals surface area contributed by atoms with Crippen LogP contribution in [-0.4, -0.2) is 37.2 Å². The van der Waals surface area contributed by atoms with Gasteiger partial charge >= 0.3 is 17.9 Å². The van der Waals surface area contributed by atoms with E-state index in [1.54, 1.807) is 0 Å². The van der Waals surface area contributed by atoms with Crippen LogP contribution in [0.5, 0.6) is 0 Å². The van der Waals surface area contributed by atoms with Crippen molar-refractivity contribution in [2.24, 2.45) is 0 Å². The maximum absolute atomic E-state index is 12.9. The van der Waals surface area contributed by atoms with Crippen molar-refractivity contribution in [2.45, 2.75) is 258 Å². The summed E-state index contributed by atoms with van der Waals surface area (Å²) in [6.07, 6.45) is 105. The van der Waals surface area contributed by atoms with E-state index in [0.717, 1.165) is 167 Å². The van der Waals surface area contributed by atoms with E-state index in [4.69, 9.17) is 14.2 Å². The topological polar surface area (TPSA) is 78.9 Å². The average Bonchev–Trinajstić information content (AvgIpc) is 3.49. The number of unbranched alkanes of at least 4 members (excludes halogenated alkanes) is 14. The van der Waals surface area contributed by atoms with Gasteiger partial charge in [0.15, 0.2) is 6.10 Å². The summed E-state index contributed by atoms with van der Waals surface area (Å²) in [5, 5.41) is 0. The number of carbonyl (C=O) groups is 3. The quantitative estimate of drug-likeness (QED) is 0.0261. The zero-order valence-corrected chi connectivity index (χ0v) is 52.9. The van der Waals surface area contributed by atoms with E-state index in [-0.39, 0.29) is 37.5 Å². The van der Waals surface area contributed by atoms with Gasteiger partial charge in [-0.3, -0.25) is 14.4 Å². The van der Waals surface area contributed by atoms with Crippen LogP contribution in [0.2, 0.25) is 0 Å². The van der Waals surface area contributed by atoms with E-state index in [0.29, 0.717) is 19.3 Å². The molecule has 0 aromatic heterocycles. The maximum Gasteiger partial charge on any atom is 0.306 e. The summed E-state index contributed by atoms with van der Waals surface area (Å²) in [5.41, 5.74) is 0. The Kier molecular flexibility index (Phi) is 64.0. The number of hydrogen-bond acceptors (Lipinski definition) is 6. The first-order valence-electron chi connectivity index (χ1n) is 32.9. The fourth-order valence-electron chi connectivity index (χ4n) is 8.24. The predicted octanol–water partition coefficient (Wildman–Crippen LogP) is 23.0. The first-order valence-corrected chi connectivity index (χ1v) is 32.9. The third-order valence-corrected chi connectivity index (χ3v) is 13.1. The lowest BCUT2D eigenvalue weighted by Crippen LogP contribution is -2.30. The van der Waals surface area contributed by atoms with Gasteiger partial charge in [0, 0.05) is 19.3 Å². The van der Waals surface area contributed by atoms with Gasteiger partial charge in [0.2, 0.25) is 0 Å². The number of ether oxygens (including phenoxy) is 3. The third-order valence-electron chi connectivity index (χ3n) is 13.1. The van der Waals surface area contributed by atoms with E-state index < -0.39 is 6.10 Å². The zero-order chi connectivity index (χ0) is 59.9. The molecule has 0 aliphatic carbocycles. The zero-order valence-electron chi connectivity index (χ0n) is 52.9. The Morgan fingerprint density at radius 1 is 0.253 bits per heavy atom. The Balaban J connectivity index is 4.36. The molecule has 0 N–H and O–H groups in total. The highest BCUT2D eigenvalue weighted by atomic mass is 16.6. The smallest absolute Gasteiger partial charge is 0.306 e. The second-order valence-corrected chi connectivity index (χ2v) is 20.9. The summed E-state index contributed by atoms with van der Waals surface area (Å²) >= 11 is 0. The van der Waals surface area contributed by atoms with Crippen molar-refractivity contribution >= 4 is 17.9 Å². The van der Waals surface area contributed by atoms with Crippen LogP contribution in [0.15, 0.2) is 194 Å². The molecule has 6 heteroatoms. The van der Waals surface area contributed by atoms with Crippen molar-refractivity contribution in [3.63, 3.8) is 0 Å². The maximum atomic E-state index is 12.9. The molecule has 0 fully saturated rings. The van der Waals surface area contributed by atoms with Crippen molar-refractivity contribution in [3.05, 3.63) is 194 Å². The van der Waals surface area contributed by atoms with Crippen LogP contribution in [0.1, 0.15) is 252 Å². The lowest BCUT2D eigenvalue weighted by molar-refractivity contribution is -0.167. The van der Waals surface area contributed by atoms with Crippen LogP contribution >= 0.6 is 0 Å². The molecule has 0 aliphatic rings. The Morgan fingerprint density at radius 2 is 0.470 bits per heavy atom. The van der Waals surface area contributed by atoms with Gasteiger partial charge in [0.05, 0.1) is 0 Å². The number of rotatable bonds is 57. The van der Waals surface area contributed by atoms with Gasteiger partial charge in [-0.25, -0.2) is 0 Å².